The highest BCUT2D eigenvalue weighted by molar-refractivity contribution is 9.10. The maximum absolute atomic E-state index is 13.5. The molecule has 1 aromatic heterocycles. The molecule has 7 nitrogen and oxygen atoms in total. The van der Waals surface area contributed by atoms with Gasteiger partial charge >= 0.3 is 5.97 Å². The van der Waals surface area contributed by atoms with Crippen molar-refractivity contribution in [1.29, 1.82) is 0 Å². The fourth-order valence-electron chi connectivity index (χ4n) is 4.21. The zero-order chi connectivity index (χ0) is 21.9. The number of phenolic OH excluding ortho intramolecular Hbond substituents is 1. The fourth-order valence-corrected chi connectivity index (χ4v) is 5.68. The number of aromatic nitrogens is 1. The van der Waals surface area contributed by atoms with Crippen LogP contribution in [0.3, 0.4) is 0 Å². The Morgan fingerprint density at radius 3 is 2.90 bits per heavy atom. The van der Waals surface area contributed by atoms with Crippen molar-refractivity contribution in [1.82, 2.24) is 4.57 Å². The summed E-state index contributed by atoms with van der Waals surface area (Å²) >= 11 is 4.57. The third-order valence-corrected chi connectivity index (χ3v) is 7.09. The predicted molar refractivity (Wildman–Crippen MR) is 118 cm³/mol. The summed E-state index contributed by atoms with van der Waals surface area (Å²) in [6, 6.07) is 11.7. The van der Waals surface area contributed by atoms with E-state index in [1.165, 1.54) is 23.0 Å². The predicted octanol–water partition coefficient (Wildman–Crippen LogP) is 2.33. The number of thiazole rings is 1. The molecule has 2 aliphatic heterocycles. The minimum Gasteiger partial charge on any atom is -0.507 e. The Hall–Kier alpha value is -2.91. The van der Waals surface area contributed by atoms with E-state index in [0.717, 1.165) is 10.0 Å². The second-order valence-corrected chi connectivity index (χ2v) is 9.45. The van der Waals surface area contributed by atoms with E-state index in [9.17, 15) is 14.7 Å². The number of ether oxygens (including phenoxy) is 2. The smallest absolute Gasteiger partial charge is 0.317 e. The molecule has 1 N–H and O–H groups in total. The first-order valence-electron chi connectivity index (χ1n) is 9.49. The Morgan fingerprint density at radius 1 is 1.35 bits per heavy atom. The molecule has 3 atom stereocenters. The van der Waals surface area contributed by atoms with Gasteiger partial charge in [-0.15, -0.1) is 0 Å². The van der Waals surface area contributed by atoms with Gasteiger partial charge in [0.15, 0.2) is 4.80 Å². The van der Waals surface area contributed by atoms with Gasteiger partial charge in [0.1, 0.15) is 17.4 Å². The molecule has 0 amide bonds. The normalized spacial score (nSPS) is 23.9. The molecule has 9 heteroatoms. The van der Waals surface area contributed by atoms with E-state index in [-0.39, 0.29) is 11.3 Å². The Balaban J connectivity index is 1.81. The van der Waals surface area contributed by atoms with Crippen molar-refractivity contribution in [2.75, 3.05) is 7.11 Å². The molecule has 0 aliphatic carbocycles. The molecule has 3 unspecified atom stereocenters. The van der Waals surface area contributed by atoms with Crippen LogP contribution >= 0.6 is 27.3 Å². The van der Waals surface area contributed by atoms with Crippen molar-refractivity contribution in [3.05, 3.63) is 77.8 Å². The van der Waals surface area contributed by atoms with Crippen LogP contribution in [0.1, 0.15) is 24.1 Å². The van der Waals surface area contributed by atoms with Crippen LogP contribution in [0.2, 0.25) is 0 Å². The molecule has 0 radical (unpaired) electrons. The van der Waals surface area contributed by atoms with Crippen LogP contribution in [0.15, 0.2) is 56.7 Å². The number of benzene rings is 2. The van der Waals surface area contributed by atoms with Crippen LogP contribution in [0.25, 0.3) is 6.08 Å². The Labute approximate surface area is 189 Å². The molecule has 3 aromatic rings. The first-order valence-corrected chi connectivity index (χ1v) is 11.1. The van der Waals surface area contributed by atoms with Crippen molar-refractivity contribution in [3.8, 4) is 11.5 Å². The minimum atomic E-state index is -1.21. The van der Waals surface area contributed by atoms with Crippen molar-refractivity contribution >= 4 is 39.3 Å². The maximum atomic E-state index is 13.5. The van der Waals surface area contributed by atoms with E-state index in [2.05, 4.69) is 20.9 Å². The van der Waals surface area contributed by atoms with Crippen LogP contribution in [0.4, 0.5) is 0 Å². The highest BCUT2D eigenvalue weighted by atomic mass is 79.9. The molecule has 0 saturated carbocycles. The number of hydrogen-bond donors (Lipinski definition) is 1. The van der Waals surface area contributed by atoms with Gasteiger partial charge in [0, 0.05) is 15.6 Å². The number of esters is 1. The van der Waals surface area contributed by atoms with Gasteiger partial charge in [-0.1, -0.05) is 45.5 Å². The van der Waals surface area contributed by atoms with Crippen molar-refractivity contribution in [3.63, 3.8) is 0 Å². The van der Waals surface area contributed by atoms with E-state index in [0.29, 0.717) is 20.6 Å². The van der Waals surface area contributed by atoms with Crippen LogP contribution in [-0.4, -0.2) is 28.5 Å². The van der Waals surface area contributed by atoms with Gasteiger partial charge in [0.05, 0.1) is 17.7 Å². The van der Waals surface area contributed by atoms with E-state index in [4.69, 9.17) is 9.47 Å². The number of phenols is 1. The topological polar surface area (TPSA) is 90.1 Å². The van der Waals surface area contributed by atoms with Crippen LogP contribution in [-0.2, 0) is 9.53 Å². The number of carbonyl (C=O) groups excluding carboxylic acids is 1. The first kappa shape index (κ1) is 20.0. The summed E-state index contributed by atoms with van der Waals surface area (Å²) in [6.45, 7) is 1.73. The van der Waals surface area contributed by atoms with Gasteiger partial charge < -0.3 is 14.6 Å². The Kier molecular flexibility index (Phi) is 4.56. The average molecular weight is 501 g/mol. The second kappa shape index (κ2) is 7.06. The van der Waals surface area contributed by atoms with Crippen molar-refractivity contribution in [2.24, 2.45) is 10.9 Å². The van der Waals surface area contributed by atoms with Crippen LogP contribution < -0.4 is 19.6 Å². The number of para-hydroxylation sites is 1. The zero-order valence-corrected chi connectivity index (χ0v) is 18.9. The van der Waals surface area contributed by atoms with E-state index in [1.807, 2.05) is 18.2 Å². The summed E-state index contributed by atoms with van der Waals surface area (Å²) in [5, 5.41) is 10.2. The van der Waals surface area contributed by atoms with Crippen molar-refractivity contribution in [2.45, 2.75) is 18.7 Å². The average Bonchev–Trinajstić information content (AvgIpc) is 3.03. The molecule has 31 heavy (non-hydrogen) atoms. The van der Waals surface area contributed by atoms with Gasteiger partial charge in [-0.2, -0.15) is 0 Å². The summed E-state index contributed by atoms with van der Waals surface area (Å²) in [6.07, 6.45) is 1.63. The first-order chi connectivity index (χ1) is 14.8. The lowest BCUT2D eigenvalue weighted by molar-refractivity contribution is -0.158. The molecule has 2 bridgehead atoms. The molecule has 3 heterocycles. The highest BCUT2D eigenvalue weighted by Gasteiger charge is 2.55. The monoisotopic (exact) mass is 500 g/mol. The summed E-state index contributed by atoms with van der Waals surface area (Å²) in [5.74, 6) is -0.676. The number of carbonyl (C=O) groups is 1. The largest absolute Gasteiger partial charge is 0.507 e. The number of nitrogens with zero attached hydrogens (tertiary/aromatic N) is 2. The minimum absolute atomic E-state index is 0.0581. The second-order valence-electron chi connectivity index (χ2n) is 7.52. The highest BCUT2D eigenvalue weighted by Crippen LogP contribution is 2.47. The Morgan fingerprint density at radius 2 is 2.13 bits per heavy atom. The number of rotatable bonds is 2. The molecule has 0 fully saturated rings. The van der Waals surface area contributed by atoms with Gasteiger partial charge in [0.25, 0.3) is 5.56 Å². The number of fused-ring (bicyclic) bond motifs is 6. The summed E-state index contributed by atoms with van der Waals surface area (Å²) in [7, 11) is 1.31. The SMILES string of the molecule is COC(=O)C1C2c3ccccc3OC1(C)N=c1s/c(=C\c3cc(Br)ccc3O)c(=O)n12. The number of hydrogen-bond acceptors (Lipinski definition) is 7. The van der Waals surface area contributed by atoms with Crippen LogP contribution in [0, 0.1) is 5.92 Å². The number of aromatic hydroxyl groups is 1. The quantitative estimate of drug-likeness (QED) is 0.545. The standard InChI is InChI=1S/C22H17BrN2O5S/c1-22-17(20(28)29-2)18(13-5-3-4-6-15(13)30-22)25-19(27)16(31-21(25)24-22)10-11-9-12(23)7-8-14(11)26/h3-10,17-18,26H,1-2H3/b16-10-. The van der Waals surface area contributed by atoms with Gasteiger partial charge in [-0.3, -0.25) is 14.2 Å². The van der Waals surface area contributed by atoms with Crippen LogP contribution in [0.5, 0.6) is 11.5 Å². The third kappa shape index (κ3) is 3.02. The summed E-state index contributed by atoms with van der Waals surface area (Å²) in [4.78, 5) is 31.4. The third-order valence-electron chi connectivity index (χ3n) is 5.61. The number of methoxy groups -OCH3 is 1. The number of halogens is 1. The molecule has 2 aromatic carbocycles. The molecular weight excluding hydrogens is 484 g/mol. The molecule has 158 valence electrons. The van der Waals surface area contributed by atoms with Gasteiger partial charge in [-0.25, -0.2) is 4.99 Å². The zero-order valence-electron chi connectivity index (χ0n) is 16.5. The van der Waals surface area contributed by atoms with E-state index in [1.54, 1.807) is 37.3 Å². The molecule has 0 saturated heterocycles. The van der Waals surface area contributed by atoms with E-state index >= 15 is 0 Å². The summed E-state index contributed by atoms with van der Waals surface area (Å²) in [5.41, 5.74) is -0.274. The van der Waals surface area contributed by atoms with Crippen molar-refractivity contribution < 1.29 is 19.4 Å². The molecule has 2 aliphatic rings. The lowest BCUT2D eigenvalue weighted by Gasteiger charge is -2.44. The van der Waals surface area contributed by atoms with E-state index < -0.39 is 23.7 Å². The molecular formula is C22H17BrN2O5S. The summed E-state index contributed by atoms with van der Waals surface area (Å²) < 4.78 is 13.9. The fraction of sp³-hybridized carbons (Fsp3) is 0.227. The maximum Gasteiger partial charge on any atom is 0.317 e. The van der Waals surface area contributed by atoms with Gasteiger partial charge in [-0.05, 0) is 37.3 Å². The lowest BCUT2D eigenvalue weighted by atomic mass is 9.81. The lowest BCUT2D eigenvalue weighted by Crippen LogP contribution is -2.58. The van der Waals surface area contributed by atoms with Gasteiger partial charge in [0.2, 0.25) is 5.72 Å². The Bertz CT molecular complexity index is 1410. The molecule has 5 rings (SSSR count). The molecule has 0 spiro atoms.